The van der Waals surface area contributed by atoms with Gasteiger partial charge in [-0.15, -0.1) is 0 Å². The lowest BCUT2D eigenvalue weighted by Gasteiger charge is -2.22. The molecular weight excluding hydrogens is 210 g/mol. The van der Waals surface area contributed by atoms with Gasteiger partial charge in [0.25, 0.3) is 0 Å². The number of nitrogens with one attached hydrogen (secondary N) is 4. The largest absolute Gasteiger partial charge is 0.353 e. The Kier molecular flexibility index (Phi) is 3.16. The molecule has 1 unspecified atom stereocenters. The van der Waals surface area contributed by atoms with Crippen LogP contribution in [0.15, 0.2) is 12.5 Å². The van der Waals surface area contributed by atoms with Crippen LogP contribution < -0.4 is 16.0 Å². The Hall–Kier alpha value is -1.89. The number of amides is 2. The maximum Gasteiger partial charge on any atom is 0.239 e. The summed E-state index contributed by atoms with van der Waals surface area (Å²) in [5.41, 5.74) is 0.841. The Balaban J connectivity index is 1.77. The molecule has 0 radical (unpaired) electrons. The molecule has 1 atom stereocenters. The van der Waals surface area contributed by atoms with Crippen molar-refractivity contribution in [3.05, 3.63) is 18.2 Å². The molecule has 0 saturated carbocycles. The predicted octanol–water partition coefficient (Wildman–Crippen LogP) is -1.89. The zero-order valence-corrected chi connectivity index (χ0v) is 8.62. The second kappa shape index (κ2) is 4.75. The first-order valence-corrected chi connectivity index (χ1v) is 5.01. The molecule has 1 aromatic heterocycles. The van der Waals surface area contributed by atoms with E-state index in [2.05, 4.69) is 25.9 Å². The summed E-state index contributed by atoms with van der Waals surface area (Å²) in [4.78, 5) is 29.2. The standard InChI is InChI=1S/C9H13N5O2/c15-8-4-11-7(3-12-8)9(16)13-2-6-1-10-5-14-6/h1,5,7,11H,2-4H2,(H,10,14)(H,12,15)(H,13,16). The van der Waals surface area contributed by atoms with Crippen molar-refractivity contribution in [2.75, 3.05) is 13.1 Å². The molecule has 1 fully saturated rings. The molecule has 4 N–H and O–H groups in total. The second-order valence-corrected chi connectivity index (χ2v) is 3.53. The van der Waals surface area contributed by atoms with Crippen molar-refractivity contribution in [3.8, 4) is 0 Å². The van der Waals surface area contributed by atoms with Crippen LogP contribution in [0.2, 0.25) is 0 Å². The van der Waals surface area contributed by atoms with E-state index in [0.29, 0.717) is 13.1 Å². The number of hydrogen-bond donors (Lipinski definition) is 4. The fourth-order valence-corrected chi connectivity index (χ4v) is 1.44. The van der Waals surface area contributed by atoms with Crippen LogP contribution in [0.1, 0.15) is 5.69 Å². The van der Waals surface area contributed by atoms with Gasteiger partial charge in [-0.05, 0) is 0 Å². The molecule has 1 aliphatic rings. The summed E-state index contributed by atoms with van der Waals surface area (Å²) in [5.74, 6) is -0.216. The molecule has 1 aliphatic heterocycles. The van der Waals surface area contributed by atoms with E-state index in [1.807, 2.05) is 0 Å². The Morgan fingerprint density at radius 2 is 2.50 bits per heavy atom. The van der Waals surface area contributed by atoms with Gasteiger partial charge < -0.3 is 15.6 Å². The summed E-state index contributed by atoms with van der Waals surface area (Å²) in [5, 5.41) is 8.22. The molecule has 7 heteroatoms. The quantitative estimate of drug-likeness (QED) is 0.481. The average Bonchev–Trinajstić information content (AvgIpc) is 2.80. The normalized spacial score (nSPS) is 20.2. The van der Waals surface area contributed by atoms with Crippen LogP contribution in [0.3, 0.4) is 0 Å². The van der Waals surface area contributed by atoms with Gasteiger partial charge in [-0.2, -0.15) is 0 Å². The van der Waals surface area contributed by atoms with E-state index in [9.17, 15) is 9.59 Å². The number of aromatic nitrogens is 2. The number of imidazole rings is 1. The Morgan fingerprint density at radius 3 is 3.12 bits per heavy atom. The van der Waals surface area contributed by atoms with Crippen LogP contribution in [0.25, 0.3) is 0 Å². The Bertz CT molecular complexity index is 365. The summed E-state index contributed by atoms with van der Waals surface area (Å²) < 4.78 is 0. The lowest BCUT2D eigenvalue weighted by molar-refractivity contribution is -0.126. The number of rotatable bonds is 3. The molecule has 0 aromatic carbocycles. The van der Waals surface area contributed by atoms with Gasteiger partial charge in [0.05, 0.1) is 25.1 Å². The van der Waals surface area contributed by atoms with Crippen LogP contribution in [-0.2, 0) is 16.1 Å². The van der Waals surface area contributed by atoms with Crippen LogP contribution >= 0.6 is 0 Å². The van der Waals surface area contributed by atoms with Gasteiger partial charge >= 0.3 is 0 Å². The fourth-order valence-electron chi connectivity index (χ4n) is 1.44. The zero-order valence-electron chi connectivity index (χ0n) is 8.62. The van der Waals surface area contributed by atoms with E-state index < -0.39 is 0 Å². The molecule has 1 aromatic rings. The Morgan fingerprint density at radius 1 is 1.62 bits per heavy atom. The van der Waals surface area contributed by atoms with Crippen LogP contribution in [-0.4, -0.2) is 40.9 Å². The highest BCUT2D eigenvalue weighted by Crippen LogP contribution is 1.92. The van der Waals surface area contributed by atoms with Gasteiger partial charge in [0.15, 0.2) is 0 Å². The topological polar surface area (TPSA) is 98.9 Å². The van der Waals surface area contributed by atoms with E-state index in [1.54, 1.807) is 12.5 Å². The first-order chi connectivity index (χ1) is 7.75. The van der Waals surface area contributed by atoms with Crippen molar-refractivity contribution in [3.63, 3.8) is 0 Å². The van der Waals surface area contributed by atoms with Crippen LogP contribution in [0.5, 0.6) is 0 Å². The number of aromatic amines is 1. The molecule has 86 valence electrons. The predicted molar refractivity (Wildman–Crippen MR) is 55.2 cm³/mol. The van der Waals surface area contributed by atoms with Crippen LogP contribution in [0, 0.1) is 0 Å². The molecule has 2 rings (SSSR count). The van der Waals surface area contributed by atoms with Gasteiger partial charge in [-0.1, -0.05) is 0 Å². The summed E-state index contributed by atoms with van der Waals surface area (Å²) in [6.45, 7) is 0.917. The van der Waals surface area contributed by atoms with Gasteiger partial charge in [-0.3, -0.25) is 14.9 Å². The maximum atomic E-state index is 11.6. The monoisotopic (exact) mass is 223 g/mol. The van der Waals surface area contributed by atoms with Crippen LogP contribution in [0.4, 0.5) is 0 Å². The molecule has 0 bridgehead atoms. The molecule has 2 amide bonds. The van der Waals surface area contributed by atoms with Gasteiger partial charge in [0.1, 0.15) is 6.04 Å². The second-order valence-electron chi connectivity index (χ2n) is 3.53. The third-order valence-corrected chi connectivity index (χ3v) is 2.34. The van der Waals surface area contributed by atoms with Crippen molar-refractivity contribution in [1.29, 1.82) is 0 Å². The summed E-state index contributed by atoms with van der Waals surface area (Å²) in [7, 11) is 0. The first-order valence-electron chi connectivity index (χ1n) is 5.01. The molecule has 0 spiro atoms. The van der Waals surface area contributed by atoms with E-state index in [1.165, 1.54) is 0 Å². The molecular formula is C9H13N5O2. The van der Waals surface area contributed by atoms with Gasteiger partial charge in [0.2, 0.25) is 11.8 Å². The lowest BCUT2D eigenvalue weighted by atomic mass is 10.2. The lowest BCUT2D eigenvalue weighted by Crippen LogP contribution is -2.57. The fraction of sp³-hybridized carbons (Fsp3) is 0.444. The van der Waals surface area contributed by atoms with E-state index in [-0.39, 0.29) is 24.4 Å². The maximum absolute atomic E-state index is 11.6. The van der Waals surface area contributed by atoms with E-state index >= 15 is 0 Å². The molecule has 0 aliphatic carbocycles. The minimum atomic E-state index is -0.361. The van der Waals surface area contributed by atoms with E-state index in [4.69, 9.17) is 0 Å². The van der Waals surface area contributed by atoms with E-state index in [0.717, 1.165) is 5.69 Å². The number of hydrogen-bond acceptors (Lipinski definition) is 4. The SMILES string of the molecule is O=C1CNC(C(=O)NCc2cnc[nH]2)CN1. The first kappa shape index (κ1) is 10.6. The van der Waals surface area contributed by atoms with Crippen molar-refractivity contribution in [2.45, 2.75) is 12.6 Å². The van der Waals surface area contributed by atoms with Gasteiger partial charge in [-0.25, -0.2) is 4.98 Å². The minimum absolute atomic E-state index is 0.0855. The number of carbonyl (C=O) groups is 2. The Labute approximate surface area is 92.0 Å². The smallest absolute Gasteiger partial charge is 0.239 e. The third-order valence-electron chi connectivity index (χ3n) is 2.34. The van der Waals surface area contributed by atoms with Crippen molar-refractivity contribution >= 4 is 11.8 Å². The summed E-state index contributed by atoms with van der Waals surface area (Å²) in [6.07, 6.45) is 3.21. The zero-order chi connectivity index (χ0) is 11.4. The van der Waals surface area contributed by atoms with Crippen molar-refractivity contribution in [1.82, 2.24) is 25.9 Å². The highest BCUT2D eigenvalue weighted by atomic mass is 16.2. The van der Waals surface area contributed by atoms with Crippen molar-refractivity contribution in [2.24, 2.45) is 0 Å². The minimum Gasteiger partial charge on any atom is -0.353 e. The highest BCUT2D eigenvalue weighted by Gasteiger charge is 2.23. The summed E-state index contributed by atoms with van der Waals surface area (Å²) >= 11 is 0. The number of carbonyl (C=O) groups excluding carboxylic acids is 2. The molecule has 16 heavy (non-hydrogen) atoms. The number of nitrogens with zero attached hydrogens (tertiary/aromatic N) is 1. The molecule has 7 nitrogen and oxygen atoms in total. The van der Waals surface area contributed by atoms with Crippen molar-refractivity contribution < 1.29 is 9.59 Å². The van der Waals surface area contributed by atoms with Gasteiger partial charge in [0, 0.05) is 12.7 Å². The molecule has 2 heterocycles. The number of H-pyrrole nitrogens is 1. The highest BCUT2D eigenvalue weighted by molar-refractivity contribution is 5.86. The average molecular weight is 223 g/mol. The molecule has 1 saturated heterocycles. The summed E-state index contributed by atoms with van der Waals surface area (Å²) in [6, 6.07) is -0.361. The number of piperazine rings is 1. The third kappa shape index (κ3) is 2.57.